The third kappa shape index (κ3) is 4.09. The second-order valence-electron chi connectivity index (χ2n) is 4.31. The number of piperidine rings is 1. The summed E-state index contributed by atoms with van der Waals surface area (Å²) in [5.74, 6) is -0.0775. The highest BCUT2D eigenvalue weighted by molar-refractivity contribution is 5.93. The molecule has 0 aliphatic carbocycles. The van der Waals surface area contributed by atoms with Crippen molar-refractivity contribution in [2.45, 2.75) is 18.9 Å². The van der Waals surface area contributed by atoms with E-state index in [9.17, 15) is 4.79 Å². The lowest BCUT2D eigenvalue weighted by atomic mass is 10.1. The molecule has 0 aromatic carbocycles. The number of hydrogen-bond donors (Lipinski definition) is 2. The number of nitrogens with zero attached hydrogens (tertiary/aromatic N) is 1. The smallest absolute Gasteiger partial charge is 0.251 e. The third-order valence-electron chi connectivity index (χ3n) is 2.97. The Morgan fingerprint density at radius 1 is 1.39 bits per heavy atom. The minimum absolute atomic E-state index is 0.0775. The van der Waals surface area contributed by atoms with E-state index in [1.165, 1.54) is 0 Å². The highest BCUT2D eigenvalue weighted by Gasteiger charge is 2.12. The summed E-state index contributed by atoms with van der Waals surface area (Å²) in [5, 5.41) is 6.12. The van der Waals surface area contributed by atoms with Crippen molar-refractivity contribution in [1.82, 2.24) is 15.6 Å². The summed E-state index contributed by atoms with van der Waals surface area (Å²) < 4.78 is 5.70. The van der Waals surface area contributed by atoms with Crippen molar-refractivity contribution in [3.63, 3.8) is 0 Å². The summed E-state index contributed by atoms with van der Waals surface area (Å²) in [6.07, 6.45) is 5.67. The van der Waals surface area contributed by atoms with E-state index in [1.54, 1.807) is 24.5 Å². The van der Waals surface area contributed by atoms with Crippen molar-refractivity contribution >= 4 is 5.91 Å². The van der Waals surface area contributed by atoms with E-state index in [1.807, 2.05) is 0 Å². The monoisotopic (exact) mass is 249 g/mol. The number of nitrogens with one attached hydrogen (secondary N) is 2. The van der Waals surface area contributed by atoms with Crippen LogP contribution in [0.4, 0.5) is 0 Å². The molecule has 1 aliphatic heterocycles. The Kier molecular flexibility index (Phi) is 5.11. The number of rotatable bonds is 5. The molecule has 5 heteroatoms. The van der Waals surface area contributed by atoms with Gasteiger partial charge in [-0.15, -0.1) is 0 Å². The maximum absolute atomic E-state index is 11.7. The van der Waals surface area contributed by atoms with E-state index in [0.29, 0.717) is 24.8 Å². The predicted molar refractivity (Wildman–Crippen MR) is 68.4 cm³/mol. The Hall–Kier alpha value is -1.46. The van der Waals surface area contributed by atoms with Gasteiger partial charge in [0.25, 0.3) is 5.91 Å². The molecule has 1 aromatic heterocycles. The molecule has 2 heterocycles. The number of ether oxygens (including phenoxy) is 1. The van der Waals surface area contributed by atoms with Crippen LogP contribution in [0.15, 0.2) is 24.5 Å². The largest absolute Gasteiger partial charge is 0.376 e. The van der Waals surface area contributed by atoms with E-state index in [-0.39, 0.29) is 5.91 Å². The molecule has 1 saturated heterocycles. The van der Waals surface area contributed by atoms with Crippen molar-refractivity contribution in [2.75, 3.05) is 26.2 Å². The normalized spacial score (nSPS) is 16.4. The Balaban J connectivity index is 1.62. The summed E-state index contributed by atoms with van der Waals surface area (Å²) in [6.45, 7) is 3.16. The topological polar surface area (TPSA) is 63.2 Å². The first-order chi connectivity index (χ1) is 8.86. The minimum atomic E-state index is -0.0775. The molecule has 2 N–H and O–H groups in total. The standard InChI is InChI=1S/C13H19N3O2/c17-13(11-1-5-14-6-2-11)16-9-10-18-12-3-7-15-8-4-12/h1-2,5-6,12,15H,3-4,7-10H2,(H,16,17). The molecule has 0 bridgehead atoms. The Bertz CT molecular complexity index is 364. The molecular weight excluding hydrogens is 230 g/mol. The van der Waals surface area contributed by atoms with Crippen LogP contribution in [0.25, 0.3) is 0 Å². The van der Waals surface area contributed by atoms with Gasteiger partial charge in [-0.1, -0.05) is 0 Å². The lowest BCUT2D eigenvalue weighted by molar-refractivity contribution is 0.0343. The first-order valence-electron chi connectivity index (χ1n) is 6.37. The fraction of sp³-hybridized carbons (Fsp3) is 0.538. The van der Waals surface area contributed by atoms with Crippen LogP contribution >= 0.6 is 0 Å². The fourth-order valence-electron chi connectivity index (χ4n) is 1.96. The lowest BCUT2D eigenvalue weighted by Gasteiger charge is -2.22. The van der Waals surface area contributed by atoms with Gasteiger partial charge in [0.05, 0.1) is 12.7 Å². The molecule has 1 amide bonds. The van der Waals surface area contributed by atoms with Crippen LogP contribution in [0.2, 0.25) is 0 Å². The number of hydrogen-bond acceptors (Lipinski definition) is 4. The number of amides is 1. The van der Waals surface area contributed by atoms with Crippen LogP contribution in [-0.4, -0.2) is 43.2 Å². The minimum Gasteiger partial charge on any atom is -0.376 e. The van der Waals surface area contributed by atoms with E-state index in [0.717, 1.165) is 25.9 Å². The zero-order chi connectivity index (χ0) is 12.6. The molecular formula is C13H19N3O2. The molecule has 5 nitrogen and oxygen atoms in total. The zero-order valence-electron chi connectivity index (χ0n) is 10.4. The van der Waals surface area contributed by atoms with Gasteiger partial charge in [-0.2, -0.15) is 0 Å². The van der Waals surface area contributed by atoms with Gasteiger partial charge in [-0.25, -0.2) is 0 Å². The highest BCUT2D eigenvalue weighted by atomic mass is 16.5. The number of aromatic nitrogens is 1. The van der Waals surface area contributed by atoms with Crippen LogP contribution in [0.3, 0.4) is 0 Å². The van der Waals surface area contributed by atoms with E-state index >= 15 is 0 Å². The summed E-state index contributed by atoms with van der Waals surface area (Å²) in [7, 11) is 0. The van der Waals surface area contributed by atoms with Gasteiger partial charge < -0.3 is 15.4 Å². The Morgan fingerprint density at radius 2 is 2.11 bits per heavy atom. The molecule has 18 heavy (non-hydrogen) atoms. The van der Waals surface area contributed by atoms with Gasteiger partial charge in [0.1, 0.15) is 0 Å². The van der Waals surface area contributed by atoms with Gasteiger partial charge in [-0.3, -0.25) is 9.78 Å². The zero-order valence-corrected chi connectivity index (χ0v) is 10.4. The van der Waals surface area contributed by atoms with Gasteiger partial charge in [0, 0.05) is 24.5 Å². The average molecular weight is 249 g/mol. The fourth-order valence-corrected chi connectivity index (χ4v) is 1.96. The van der Waals surface area contributed by atoms with E-state index in [4.69, 9.17) is 4.74 Å². The van der Waals surface area contributed by atoms with Gasteiger partial charge in [-0.05, 0) is 38.1 Å². The van der Waals surface area contributed by atoms with Crippen molar-refractivity contribution in [3.05, 3.63) is 30.1 Å². The van der Waals surface area contributed by atoms with Crippen LogP contribution in [0, 0.1) is 0 Å². The molecule has 1 aromatic rings. The Labute approximate surface area is 107 Å². The first-order valence-corrected chi connectivity index (χ1v) is 6.37. The van der Waals surface area contributed by atoms with Gasteiger partial charge in [0.2, 0.25) is 0 Å². The molecule has 1 fully saturated rings. The average Bonchev–Trinajstić information content (AvgIpc) is 2.45. The number of carbonyl (C=O) groups excluding carboxylic acids is 1. The van der Waals surface area contributed by atoms with Crippen LogP contribution in [0.5, 0.6) is 0 Å². The summed E-state index contributed by atoms with van der Waals surface area (Å²) in [6, 6.07) is 3.39. The molecule has 0 saturated carbocycles. The maximum atomic E-state index is 11.7. The molecule has 0 spiro atoms. The molecule has 1 aliphatic rings. The molecule has 98 valence electrons. The van der Waals surface area contributed by atoms with Gasteiger partial charge in [0.15, 0.2) is 0 Å². The van der Waals surface area contributed by atoms with Crippen molar-refractivity contribution in [3.8, 4) is 0 Å². The third-order valence-corrected chi connectivity index (χ3v) is 2.97. The summed E-state index contributed by atoms with van der Waals surface area (Å²) >= 11 is 0. The molecule has 0 atom stereocenters. The van der Waals surface area contributed by atoms with Crippen molar-refractivity contribution in [1.29, 1.82) is 0 Å². The second kappa shape index (κ2) is 7.08. The lowest BCUT2D eigenvalue weighted by Crippen LogP contribution is -2.34. The van der Waals surface area contributed by atoms with E-state index in [2.05, 4.69) is 15.6 Å². The number of carbonyl (C=O) groups is 1. The van der Waals surface area contributed by atoms with Crippen LogP contribution in [0.1, 0.15) is 23.2 Å². The summed E-state index contributed by atoms with van der Waals surface area (Å²) in [4.78, 5) is 15.6. The maximum Gasteiger partial charge on any atom is 0.251 e. The molecule has 0 unspecified atom stereocenters. The van der Waals surface area contributed by atoms with Crippen LogP contribution in [-0.2, 0) is 4.74 Å². The van der Waals surface area contributed by atoms with E-state index < -0.39 is 0 Å². The van der Waals surface area contributed by atoms with Crippen LogP contribution < -0.4 is 10.6 Å². The van der Waals surface area contributed by atoms with Crippen molar-refractivity contribution in [2.24, 2.45) is 0 Å². The second-order valence-corrected chi connectivity index (χ2v) is 4.31. The summed E-state index contributed by atoms with van der Waals surface area (Å²) in [5.41, 5.74) is 0.631. The Morgan fingerprint density at radius 3 is 2.83 bits per heavy atom. The first kappa shape index (κ1) is 13.0. The number of pyridine rings is 1. The van der Waals surface area contributed by atoms with Gasteiger partial charge >= 0.3 is 0 Å². The molecule has 2 rings (SSSR count). The SMILES string of the molecule is O=C(NCCOC1CCNCC1)c1ccncc1. The molecule has 0 radical (unpaired) electrons. The quantitative estimate of drug-likeness (QED) is 0.749. The predicted octanol–water partition coefficient (Wildman–Crippen LogP) is 0.580. The van der Waals surface area contributed by atoms with Crippen molar-refractivity contribution < 1.29 is 9.53 Å². The highest BCUT2D eigenvalue weighted by Crippen LogP contribution is 2.06.